The Morgan fingerprint density at radius 1 is 0.791 bits per heavy atom. The quantitative estimate of drug-likeness (QED) is 0.102. The van der Waals surface area contributed by atoms with Crippen LogP contribution in [0.4, 0.5) is 0 Å². The van der Waals surface area contributed by atoms with E-state index in [1.54, 1.807) is 11.8 Å². The number of rotatable bonds is 9. The molecule has 0 bridgehead atoms. The third-order valence-corrected chi connectivity index (χ3v) is 8.72. The monoisotopic (exact) mass is 592 g/mol. The summed E-state index contributed by atoms with van der Waals surface area (Å²) in [5.41, 5.74) is 7.37. The summed E-state index contributed by atoms with van der Waals surface area (Å²) < 4.78 is 2.20. The summed E-state index contributed by atoms with van der Waals surface area (Å²) in [6.45, 7) is 10.1. The lowest BCUT2D eigenvalue weighted by molar-refractivity contribution is -0.134. The molecule has 4 aromatic carbocycles. The van der Waals surface area contributed by atoms with Gasteiger partial charge in [-0.25, -0.2) is 0 Å². The fourth-order valence-corrected chi connectivity index (χ4v) is 6.38. The maximum absolute atomic E-state index is 13.3. The van der Waals surface area contributed by atoms with Gasteiger partial charge in [0.2, 0.25) is 5.78 Å². The number of thioether (sulfide) groups is 1. The highest BCUT2D eigenvalue weighted by Crippen LogP contribution is 2.32. The van der Waals surface area contributed by atoms with Gasteiger partial charge in [-0.05, 0) is 80.8 Å². The average Bonchev–Trinajstić information content (AvgIpc) is 3.30. The van der Waals surface area contributed by atoms with E-state index in [1.165, 1.54) is 16.0 Å². The average molecular weight is 593 g/mol. The van der Waals surface area contributed by atoms with Gasteiger partial charge in [-0.15, -0.1) is 11.8 Å². The molecule has 0 unspecified atom stereocenters. The Labute approximate surface area is 256 Å². The summed E-state index contributed by atoms with van der Waals surface area (Å²) in [6, 6.07) is 25.4. The Bertz CT molecular complexity index is 1840. The van der Waals surface area contributed by atoms with Gasteiger partial charge in [0.15, 0.2) is 5.78 Å². The van der Waals surface area contributed by atoms with Gasteiger partial charge in [-0.1, -0.05) is 42.5 Å². The number of hydrogen-bond donors (Lipinski definition) is 2. The van der Waals surface area contributed by atoms with Crippen LogP contribution in [-0.2, 0) is 11.3 Å². The summed E-state index contributed by atoms with van der Waals surface area (Å²) >= 11 is 1.70. The van der Waals surface area contributed by atoms with E-state index in [4.69, 9.17) is 15.3 Å². The first-order chi connectivity index (χ1) is 20.5. The molecule has 0 fully saturated rings. The molecule has 0 aliphatic heterocycles. The van der Waals surface area contributed by atoms with Crippen molar-refractivity contribution in [3.8, 4) is 0 Å². The summed E-state index contributed by atoms with van der Waals surface area (Å²) in [4.78, 5) is 36.8. The topological polar surface area (TPSA) is 100 Å². The number of fused-ring (bicyclic) bond motifs is 3. The second kappa shape index (κ2) is 13.7. The molecule has 0 aliphatic carbocycles. The molecule has 2 N–H and O–H groups in total. The fourth-order valence-electron chi connectivity index (χ4n) is 5.28. The van der Waals surface area contributed by atoms with Gasteiger partial charge < -0.3 is 15.1 Å². The second-order valence-corrected chi connectivity index (χ2v) is 11.6. The van der Waals surface area contributed by atoms with E-state index in [1.807, 2.05) is 73.7 Å². The summed E-state index contributed by atoms with van der Waals surface area (Å²) in [7, 11) is 0. The number of aryl methyl sites for hydroxylation is 4. The molecule has 7 heteroatoms. The molecule has 220 valence electrons. The molecule has 0 spiro atoms. The molecule has 0 saturated carbocycles. The number of Topliss-reactive ketones (excluding diaryl/α,β-unsaturated/α-hetero) is 1. The van der Waals surface area contributed by atoms with Crippen LogP contribution in [0.5, 0.6) is 0 Å². The number of carboxylic acids is 1. The number of nitrogens with one attached hydrogen (secondary N) is 1. The van der Waals surface area contributed by atoms with E-state index in [0.717, 1.165) is 40.8 Å². The van der Waals surface area contributed by atoms with Gasteiger partial charge in [0.25, 0.3) is 5.97 Å². The minimum absolute atomic E-state index is 0.0113. The number of aliphatic carboxylic acids is 1. The molecule has 1 aromatic heterocycles. The zero-order chi connectivity index (χ0) is 31.3. The lowest BCUT2D eigenvalue weighted by Crippen LogP contribution is -2.14. The van der Waals surface area contributed by atoms with Crippen LogP contribution >= 0.6 is 11.8 Å². The zero-order valence-electron chi connectivity index (χ0n) is 25.2. The van der Waals surface area contributed by atoms with Crippen molar-refractivity contribution < 1.29 is 19.5 Å². The van der Waals surface area contributed by atoms with E-state index in [9.17, 15) is 9.59 Å². The van der Waals surface area contributed by atoms with Crippen LogP contribution in [0.25, 0.3) is 21.8 Å². The first-order valence-electron chi connectivity index (χ1n) is 14.2. The minimum Gasteiger partial charge on any atom is -0.481 e. The molecule has 0 radical (unpaired) electrons. The normalized spacial score (nSPS) is 10.8. The Morgan fingerprint density at radius 3 is 1.91 bits per heavy atom. The van der Waals surface area contributed by atoms with Crippen molar-refractivity contribution in [2.24, 2.45) is 0 Å². The van der Waals surface area contributed by atoms with E-state index < -0.39 is 5.97 Å². The summed E-state index contributed by atoms with van der Waals surface area (Å²) in [5, 5.41) is 17.8. The van der Waals surface area contributed by atoms with Crippen LogP contribution in [0.3, 0.4) is 0 Å². The standard InChI is InChI=1S/C34H32N2O2S.C2H4O2/c1-5-36-30-15-13-24(32(37)26-12-7-6-9-21(26)2)19-27(30)28-20-25(14-16-31(28)36)33(38)29(35)17-18-39-34-22(3)10-8-11-23(34)4;1-2(3)4/h6-16,19-20,35H,5,17-18H2,1-4H3;1H3,(H,3,4). The van der Waals surface area contributed by atoms with Gasteiger partial charge in [-0.3, -0.25) is 14.4 Å². The number of carbonyl (C=O) groups excluding carboxylic acids is 2. The minimum atomic E-state index is -0.833. The van der Waals surface area contributed by atoms with Crippen LogP contribution in [0, 0.1) is 26.2 Å². The number of carbonyl (C=O) groups is 3. The SMILES string of the molecule is CC(=O)O.CCn1c2ccc(C(=O)C(=N)CCSc3c(C)cccc3C)cc2c2cc(C(=O)c3ccccc3C)ccc21. The number of nitrogens with zero attached hydrogens (tertiary/aromatic N) is 1. The highest BCUT2D eigenvalue weighted by atomic mass is 32.2. The molecular weight excluding hydrogens is 556 g/mol. The van der Waals surface area contributed by atoms with E-state index in [2.05, 4.69) is 37.5 Å². The van der Waals surface area contributed by atoms with Crippen LogP contribution < -0.4 is 0 Å². The largest absolute Gasteiger partial charge is 0.481 e. The van der Waals surface area contributed by atoms with Crippen molar-refractivity contribution in [2.75, 3.05) is 5.75 Å². The number of carboxylic acid groups (broad SMARTS) is 1. The molecule has 1 heterocycles. The van der Waals surface area contributed by atoms with Crippen molar-refractivity contribution in [2.45, 2.75) is 52.5 Å². The van der Waals surface area contributed by atoms with E-state index in [-0.39, 0.29) is 17.3 Å². The Kier molecular flexibility index (Phi) is 9.99. The van der Waals surface area contributed by atoms with Crippen LogP contribution in [0.1, 0.15) is 63.2 Å². The van der Waals surface area contributed by atoms with Gasteiger partial charge in [0.05, 0.1) is 5.71 Å². The maximum atomic E-state index is 13.3. The molecular formula is C36H36N2O4S. The molecule has 0 amide bonds. The molecule has 0 saturated heterocycles. The van der Waals surface area contributed by atoms with Gasteiger partial charge >= 0.3 is 0 Å². The fraction of sp³-hybridized carbons (Fsp3) is 0.222. The van der Waals surface area contributed by atoms with Crippen molar-refractivity contribution in [1.82, 2.24) is 4.57 Å². The molecule has 6 nitrogen and oxygen atoms in total. The second-order valence-electron chi connectivity index (χ2n) is 10.5. The van der Waals surface area contributed by atoms with Crippen LogP contribution in [0.15, 0.2) is 83.8 Å². The lowest BCUT2D eigenvalue weighted by Gasteiger charge is -2.09. The third kappa shape index (κ3) is 6.95. The smallest absolute Gasteiger partial charge is 0.300 e. The van der Waals surface area contributed by atoms with Crippen molar-refractivity contribution in [1.29, 1.82) is 5.41 Å². The van der Waals surface area contributed by atoms with E-state index >= 15 is 0 Å². The molecule has 43 heavy (non-hydrogen) atoms. The van der Waals surface area contributed by atoms with Crippen LogP contribution in [-0.4, -0.2) is 38.7 Å². The third-order valence-electron chi connectivity index (χ3n) is 7.38. The van der Waals surface area contributed by atoms with Crippen molar-refractivity contribution >= 4 is 56.8 Å². The molecule has 0 aliphatic rings. The summed E-state index contributed by atoms with van der Waals surface area (Å²) in [5.74, 6) is -0.413. The number of aromatic nitrogens is 1. The lowest BCUT2D eigenvalue weighted by atomic mass is 9.97. The van der Waals surface area contributed by atoms with Crippen LogP contribution in [0.2, 0.25) is 0 Å². The highest BCUT2D eigenvalue weighted by molar-refractivity contribution is 7.99. The Balaban J connectivity index is 0.000000996. The van der Waals surface area contributed by atoms with Gasteiger partial charge in [0, 0.05) is 69.0 Å². The predicted molar refractivity (Wildman–Crippen MR) is 176 cm³/mol. The molecule has 5 aromatic rings. The van der Waals surface area contributed by atoms with Gasteiger partial charge in [-0.2, -0.15) is 0 Å². The number of ketones is 2. The number of benzene rings is 4. The first kappa shape index (κ1) is 31.4. The van der Waals surface area contributed by atoms with Gasteiger partial charge in [0.1, 0.15) is 0 Å². The van der Waals surface area contributed by atoms with Crippen molar-refractivity contribution in [3.63, 3.8) is 0 Å². The first-order valence-corrected chi connectivity index (χ1v) is 15.2. The highest BCUT2D eigenvalue weighted by Gasteiger charge is 2.18. The van der Waals surface area contributed by atoms with E-state index in [0.29, 0.717) is 28.9 Å². The predicted octanol–water partition coefficient (Wildman–Crippen LogP) is 8.45. The van der Waals surface area contributed by atoms with Crippen molar-refractivity contribution in [3.05, 3.63) is 112 Å². The Hall–Kier alpha value is -4.49. The molecule has 0 atom stereocenters. The zero-order valence-corrected chi connectivity index (χ0v) is 26.0. The molecule has 5 rings (SSSR count). The summed E-state index contributed by atoms with van der Waals surface area (Å²) in [6.07, 6.45) is 0.404. The Morgan fingerprint density at radius 2 is 1.33 bits per heavy atom. The maximum Gasteiger partial charge on any atom is 0.300 e. The number of hydrogen-bond acceptors (Lipinski definition) is 5.